The Balaban J connectivity index is 2.26. The van der Waals surface area contributed by atoms with Crippen LogP contribution >= 0.6 is 11.6 Å². The van der Waals surface area contributed by atoms with Gasteiger partial charge in [0.2, 0.25) is 0 Å². The zero-order valence-corrected chi connectivity index (χ0v) is 11.0. The lowest BCUT2D eigenvalue weighted by Gasteiger charge is -2.38. The molecule has 5 heteroatoms. The minimum Gasteiger partial charge on any atom is -0.480 e. The summed E-state index contributed by atoms with van der Waals surface area (Å²) >= 11 is 6.10. The molecule has 1 aliphatic rings. The van der Waals surface area contributed by atoms with Crippen LogP contribution < -0.4 is 5.32 Å². The molecule has 0 spiro atoms. The summed E-state index contributed by atoms with van der Waals surface area (Å²) in [5.41, 5.74) is 0.768. The maximum atomic E-state index is 11.2. The van der Waals surface area contributed by atoms with Gasteiger partial charge in [-0.05, 0) is 13.0 Å². The van der Waals surface area contributed by atoms with Gasteiger partial charge in [-0.2, -0.15) is 0 Å². The van der Waals surface area contributed by atoms with Crippen LogP contribution in [0.3, 0.4) is 0 Å². The van der Waals surface area contributed by atoms with E-state index in [9.17, 15) is 9.90 Å². The first-order valence-electron chi connectivity index (χ1n) is 5.89. The summed E-state index contributed by atoms with van der Waals surface area (Å²) in [4.78, 5) is 11.2. The van der Waals surface area contributed by atoms with Crippen molar-refractivity contribution in [3.8, 4) is 0 Å². The van der Waals surface area contributed by atoms with E-state index in [1.165, 1.54) is 0 Å². The lowest BCUT2D eigenvalue weighted by Crippen LogP contribution is -2.53. The van der Waals surface area contributed by atoms with Gasteiger partial charge in [0.05, 0.1) is 6.10 Å². The van der Waals surface area contributed by atoms with E-state index < -0.39 is 18.2 Å². The van der Waals surface area contributed by atoms with Crippen LogP contribution in [0.1, 0.15) is 25.6 Å². The molecule has 4 nitrogen and oxygen atoms in total. The van der Waals surface area contributed by atoms with Crippen LogP contribution in [-0.2, 0) is 9.53 Å². The average Bonchev–Trinajstić information content (AvgIpc) is 2.33. The number of hydrogen-bond donors (Lipinski definition) is 2. The molecule has 98 valence electrons. The molecule has 0 aromatic heterocycles. The fraction of sp³-hybridized carbons (Fsp3) is 0.462. The average molecular weight is 270 g/mol. The SMILES string of the molecule is C[C@H]1[C@H](C)O[C@H](c2ccccc2Cl)N[C@@H]1C(=O)O. The quantitative estimate of drug-likeness (QED) is 0.866. The number of halogens is 1. The summed E-state index contributed by atoms with van der Waals surface area (Å²) in [6.45, 7) is 3.74. The topological polar surface area (TPSA) is 58.6 Å². The molecule has 0 saturated carbocycles. The van der Waals surface area contributed by atoms with Crippen LogP contribution in [0.25, 0.3) is 0 Å². The van der Waals surface area contributed by atoms with Crippen LogP contribution in [0.4, 0.5) is 0 Å². The Bertz CT molecular complexity index is 452. The molecule has 1 aromatic carbocycles. The van der Waals surface area contributed by atoms with Crippen molar-refractivity contribution in [1.82, 2.24) is 5.32 Å². The van der Waals surface area contributed by atoms with Crippen LogP contribution in [-0.4, -0.2) is 23.2 Å². The fourth-order valence-electron chi connectivity index (χ4n) is 2.11. The van der Waals surface area contributed by atoms with Gasteiger partial charge in [0.25, 0.3) is 0 Å². The normalized spacial score (nSPS) is 32.2. The Hall–Kier alpha value is -1.10. The van der Waals surface area contributed by atoms with Gasteiger partial charge in [-0.1, -0.05) is 36.7 Å². The number of rotatable bonds is 2. The Morgan fingerprint density at radius 3 is 2.67 bits per heavy atom. The van der Waals surface area contributed by atoms with E-state index in [4.69, 9.17) is 16.3 Å². The number of carboxylic acids is 1. The molecular formula is C13H16ClNO3. The third kappa shape index (κ3) is 2.51. The number of hydrogen-bond acceptors (Lipinski definition) is 3. The summed E-state index contributed by atoms with van der Waals surface area (Å²) in [6.07, 6.45) is -0.625. The minimum absolute atomic E-state index is 0.0961. The monoisotopic (exact) mass is 269 g/mol. The Kier molecular flexibility index (Phi) is 3.90. The van der Waals surface area contributed by atoms with Gasteiger partial charge in [-0.25, -0.2) is 0 Å². The molecule has 0 bridgehead atoms. The molecule has 0 unspecified atom stereocenters. The molecule has 0 amide bonds. The summed E-state index contributed by atoms with van der Waals surface area (Å²) in [7, 11) is 0. The molecule has 2 rings (SSSR count). The van der Waals surface area contributed by atoms with Gasteiger partial charge < -0.3 is 9.84 Å². The van der Waals surface area contributed by atoms with Crippen molar-refractivity contribution in [2.75, 3.05) is 0 Å². The van der Waals surface area contributed by atoms with Crippen LogP contribution in [0.15, 0.2) is 24.3 Å². The highest BCUT2D eigenvalue weighted by molar-refractivity contribution is 6.31. The van der Waals surface area contributed by atoms with Gasteiger partial charge in [0.15, 0.2) is 0 Å². The third-order valence-electron chi connectivity index (χ3n) is 3.40. The second-order valence-electron chi connectivity index (χ2n) is 4.58. The molecule has 4 atom stereocenters. The van der Waals surface area contributed by atoms with E-state index in [1.54, 1.807) is 6.07 Å². The van der Waals surface area contributed by atoms with Crippen molar-refractivity contribution in [3.05, 3.63) is 34.9 Å². The Morgan fingerprint density at radius 1 is 1.39 bits per heavy atom. The predicted octanol–water partition coefficient (Wildman–Crippen LogP) is 2.44. The van der Waals surface area contributed by atoms with E-state index in [-0.39, 0.29) is 12.0 Å². The van der Waals surface area contributed by atoms with Crippen molar-refractivity contribution in [3.63, 3.8) is 0 Å². The zero-order valence-electron chi connectivity index (χ0n) is 10.3. The smallest absolute Gasteiger partial charge is 0.321 e. The predicted molar refractivity (Wildman–Crippen MR) is 68.5 cm³/mol. The maximum absolute atomic E-state index is 11.2. The molecule has 0 radical (unpaired) electrons. The van der Waals surface area contributed by atoms with E-state index in [1.807, 2.05) is 32.0 Å². The van der Waals surface area contributed by atoms with Crippen LogP contribution in [0.5, 0.6) is 0 Å². The molecule has 1 fully saturated rings. The van der Waals surface area contributed by atoms with Crippen LogP contribution in [0.2, 0.25) is 5.02 Å². The summed E-state index contributed by atoms with van der Waals surface area (Å²) in [6, 6.07) is 6.65. The molecule has 1 saturated heterocycles. The number of aliphatic carboxylic acids is 1. The highest BCUT2D eigenvalue weighted by Gasteiger charge is 2.38. The Morgan fingerprint density at radius 2 is 2.06 bits per heavy atom. The molecule has 0 aliphatic carbocycles. The molecule has 18 heavy (non-hydrogen) atoms. The number of nitrogens with one attached hydrogen (secondary N) is 1. The number of carbonyl (C=O) groups is 1. The Labute approximate surface area is 111 Å². The standard InChI is InChI=1S/C13H16ClNO3/c1-7-8(2)18-12(15-11(7)13(16)17)9-5-3-4-6-10(9)14/h3-8,11-12,15H,1-2H3,(H,16,17)/t7-,8-,11-,12+/m0/s1. The van der Waals surface area contributed by atoms with Crippen LogP contribution in [0, 0.1) is 5.92 Å². The lowest BCUT2D eigenvalue weighted by atomic mass is 9.94. The van der Waals surface area contributed by atoms with Crippen molar-refractivity contribution < 1.29 is 14.6 Å². The van der Waals surface area contributed by atoms with E-state index in [2.05, 4.69) is 5.32 Å². The second-order valence-corrected chi connectivity index (χ2v) is 4.99. The summed E-state index contributed by atoms with van der Waals surface area (Å²) in [5.74, 6) is -0.962. The first-order chi connectivity index (χ1) is 8.50. The van der Waals surface area contributed by atoms with Crippen molar-refractivity contribution in [2.24, 2.45) is 5.92 Å². The van der Waals surface area contributed by atoms with Gasteiger partial charge in [-0.3, -0.25) is 10.1 Å². The molecule has 1 aromatic rings. The number of ether oxygens (including phenoxy) is 1. The van der Waals surface area contributed by atoms with E-state index in [0.29, 0.717) is 5.02 Å². The van der Waals surface area contributed by atoms with Gasteiger partial charge in [0, 0.05) is 16.5 Å². The fourth-order valence-corrected chi connectivity index (χ4v) is 2.35. The van der Waals surface area contributed by atoms with Crippen molar-refractivity contribution >= 4 is 17.6 Å². The largest absolute Gasteiger partial charge is 0.480 e. The second kappa shape index (κ2) is 5.26. The lowest BCUT2D eigenvalue weighted by molar-refractivity contribution is -0.155. The maximum Gasteiger partial charge on any atom is 0.321 e. The zero-order chi connectivity index (χ0) is 13.3. The molecule has 1 heterocycles. The van der Waals surface area contributed by atoms with Gasteiger partial charge in [-0.15, -0.1) is 0 Å². The first-order valence-corrected chi connectivity index (χ1v) is 6.27. The van der Waals surface area contributed by atoms with E-state index in [0.717, 1.165) is 5.56 Å². The van der Waals surface area contributed by atoms with Crippen molar-refractivity contribution in [1.29, 1.82) is 0 Å². The number of carboxylic acid groups (broad SMARTS) is 1. The third-order valence-corrected chi connectivity index (χ3v) is 3.75. The highest BCUT2D eigenvalue weighted by Crippen LogP contribution is 2.31. The van der Waals surface area contributed by atoms with Crippen molar-refractivity contribution in [2.45, 2.75) is 32.2 Å². The summed E-state index contributed by atoms with van der Waals surface area (Å²) in [5, 5.41) is 12.8. The molecule has 2 N–H and O–H groups in total. The van der Waals surface area contributed by atoms with E-state index >= 15 is 0 Å². The molecular weight excluding hydrogens is 254 g/mol. The minimum atomic E-state index is -0.866. The number of benzene rings is 1. The summed E-state index contributed by atoms with van der Waals surface area (Å²) < 4.78 is 5.79. The van der Waals surface area contributed by atoms with Gasteiger partial charge >= 0.3 is 5.97 Å². The van der Waals surface area contributed by atoms with Gasteiger partial charge in [0.1, 0.15) is 12.3 Å². The first kappa shape index (κ1) is 13.3. The highest BCUT2D eigenvalue weighted by atomic mass is 35.5. The molecule has 1 aliphatic heterocycles.